The van der Waals surface area contributed by atoms with E-state index in [0.717, 1.165) is 37.0 Å². The van der Waals surface area contributed by atoms with Gasteiger partial charge in [0.1, 0.15) is 11.9 Å². The van der Waals surface area contributed by atoms with Crippen LogP contribution in [0, 0.1) is 6.92 Å². The van der Waals surface area contributed by atoms with E-state index in [4.69, 9.17) is 21.1 Å². The van der Waals surface area contributed by atoms with Crippen molar-refractivity contribution in [3.05, 3.63) is 47.2 Å². The number of halogens is 1. The van der Waals surface area contributed by atoms with E-state index in [0.29, 0.717) is 11.0 Å². The van der Waals surface area contributed by atoms with Gasteiger partial charge in [0.2, 0.25) is 0 Å². The summed E-state index contributed by atoms with van der Waals surface area (Å²) in [7, 11) is 0. The normalized spacial score (nSPS) is 19.6. The van der Waals surface area contributed by atoms with Crippen LogP contribution in [0.4, 0.5) is 0 Å². The number of aryl methyl sites for hydroxylation is 1. The fourth-order valence-corrected chi connectivity index (χ4v) is 3.06. The number of hydrogen-bond acceptors (Lipinski definition) is 5. The zero-order chi connectivity index (χ0) is 18.4. The molecule has 0 bridgehead atoms. The molecule has 1 amide bonds. The zero-order valence-electron chi connectivity index (χ0n) is 14.7. The SMILES string of the molecule is Cc1ccccc1OCC(=O)NC1CCC(Oc2ncc(Cl)cn2)CC1. The lowest BCUT2D eigenvalue weighted by atomic mass is 9.93. The van der Waals surface area contributed by atoms with E-state index in [-0.39, 0.29) is 24.7 Å². The molecule has 1 aliphatic carbocycles. The summed E-state index contributed by atoms with van der Waals surface area (Å²) in [5.74, 6) is 0.640. The molecule has 0 unspecified atom stereocenters. The molecule has 1 saturated carbocycles. The number of nitrogens with one attached hydrogen (secondary N) is 1. The van der Waals surface area contributed by atoms with Crippen LogP contribution in [-0.4, -0.2) is 34.6 Å². The van der Waals surface area contributed by atoms with Crippen molar-refractivity contribution >= 4 is 17.5 Å². The first kappa shape index (κ1) is 18.5. The molecule has 2 aromatic rings. The van der Waals surface area contributed by atoms with Crippen molar-refractivity contribution in [3.63, 3.8) is 0 Å². The Hall–Kier alpha value is -2.34. The van der Waals surface area contributed by atoms with Gasteiger partial charge in [-0.2, -0.15) is 0 Å². The van der Waals surface area contributed by atoms with Gasteiger partial charge in [-0.25, -0.2) is 9.97 Å². The number of amides is 1. The third-order valence-electron chi connectivity index (χ3n) is 4.36. The summed E-state index contributed by atoms with van der Waals surface area (Å²) in [5, 5.41) is 3.52. The molecular formula is C19H22ClN3O3. The highest BCUT2D eigenvalue weighted by Crippen LogP contribution is 2.22. The molecule has 0 saturated heterocycles. The van der Waals surface area contributed by atoms with Gasteiger partial charge in [-0.3, -0.25) is 4.79 Å². The molecule has 26 heavy (non-hydrogen) atoms. The number of aromatic nitrogens is 2. The van der Waals surface area contributed by atoms with Crippen LogP contribution in [0.25, 0.3) is 0 Å². The number of carbonyl (C=O) groups is 1. The van der Waals surface area contributed by atoms with Crippen LogP contribution in [0.3, 0.4) is 0 Å². The second-order valence-corrected chi connectivity index (χ2v) is 6.83. The van der Waals surface area contributed by atoms with E-state index in [1.807, 2.05) is 31.2 Å². The highest BCUT2D eigenvalue weighted by atomic mass is 35.5. The third-order valence-corrected chi connectivity index (χ3v) is 4.56. The number of carbonyl (C=O) groups excluding carboxylic acids is 1. The van der Waals surface area contributed by atoms with E-state index in [9.17, 15) is 4.79 Å². The van der Waals surface area contributed by atoms with Gasteiger partial charge in [-0.05, 0) is 44.2 Å². The summed E-state index contributed by atoms with van der Waals surface area (Å²) in [6.45, 7) is 1.98. The van der Waals surface area contributed by atoms with Gasteiger partial charge in [0.25, 0.3) is 5.91 Å². The third kappa shape index (κ3) is 5.33. The molecule has 1 aromatic carbocycles. The molecule has 6 nitrogen and oxygen atoms in total. The molecule has 7 heteroatoms. The lowest BCUT2D eigenvalue weighted by Crippen LogP contribution is -2.41. The summed E-state index contributed by atoms with van der Waals surface area (Å²) >= 11 is 5.76. The van der Waals surface area contributed by atoms with Crippen LogP contribution in [0.5, 0.6) is 11.8 Å². The Labute approximate surface area is 157 Å². The highest BCUT2D eigenvalue weighted by Gasteiger charge is 2.24. The van der Waals surface area contributed by atoms with Crippen molar-refractivity contribution in [1.29, 1.82) is 0 Å². The Morgan fingerprint density at radius 3 is 2.58 bits per heavy atom. The number of ether oxygens (including phenoxy) is 2. The van der Waals surface area contributed by atoms with Crippen LogP contribution >= 0.6 is 11.6 Å². The average molecular weight is 376 g/mol. The first-order valence-electron chi connectivity index (χ1n) is 8.72. The van der Waals surface area contributed by atoms with Crippen molar-refractivity contribution in [2.75, 3.05) is 6.61 Å². The predicted octanol–water partition coefficient (Wildman–Crippen LogP) is 3.32. The monoisotopic (exact) mass is 375 g/mol. The Morgan fingerprint density at radius 1 is 1.19 bits per heavy atom. The standard InChI is InChI=1S/C19H22ClN3O3/c1-13-4-2-3-5-17(13)25-12-18(24)23-15-6-8-16(9-7-15)26-19-21-10-14(20)11-22-19/h2-5,10-11,15-16H,6-9,12H2,1H3,(H,23,24). The molecule has 0 atom stereocenters. The number of benzene rings is 1. The highest BCUT2D eigenvalue weighted by molar-refractivity contribution is 6.30. The van der Waals surface area contributed by atoms with E-state index in [1.54, 1.807) is 0 Å². The van der Waals surface area contributed by atoms with Crippen molar-refractivity contribution in [1.82, 2.24) is 15.3 Å². The maximum absolute atomic E-state index is 12.1. The maximum atomic E-state index is 12.1. The lowest BCUT2D eigenvalue weighted by Gasteiger charge is -2.28. The summed E-state index contributed by atoms with van der Waals surface area (Å²) in [6, 6.07) is 8.15. The van der Waals surface area contributed by atoms with Crippen molar-refractivity contribution in [3.8, 4) is 11.8 Å². The zero-order valence-corrected chi connectivity index (χ0v) is 15.4. The summed E-state index contributed by atoms with van der Waals surface area (Å²) < 4.78 is 11.3. The second-order valence-electron chi connectivity index (χ2n) is 6.40. The fraction of sp³-hybridized carbons (Fsp3) is 0.421. The largest absolute Gasteiger partial charge is 0.484 e. The number of rotatable bonds is 6. The Balaban J connectivity index is 1.38. The molecular weight excluding hydrogens is 354 g/mol. The van der Waals surface area contributed by atoms with E-state index in [2.05, 4.69) is 15.3 Å². The first-order valence-corrected chi connectivity index (χ1v) is 9.10. The van der Waals surface area contributed by atoms with Crippen LogP contribution in [0.1, 0.15) is 31.2 Å². The molecule has 1 aliphatic rings. The minimum Gasteiger partial charge on any atom is -0.484 e. The fourth-order valence-electron chi connectivity index (χ4n) is 2.97. The number of para-hydroxylation sites is 1. The second kappa shape index (κ2) is 8.85. The van der Waals surface area contributed by atoms with E-state index < -0.39 is 0 Å². The number of hydrogen-bond donors (Lipinski definition) is 1. The van der Waals surface area contributed by atoms with E-state index >= 15 is 0 Å². The Morgan fingerprint density at radius 2 is 1.88 bits per heavy atom. The molecule has 1 heterocycles. The molecule has 3 rings (SSSR count). The maximum Gasteiger partial charge on any atom is 0.316 e. The topological polar surface area (TPSA) is 73.3 Å². The first-order chi connectivity index (χ1) is 12.6. The molecule has 1 aromatic heterocycles. The minimum atomic E-state index is -0.0985. The van der Waals surface area contributed by atoms with Gasteiger partial charge in [-0.1, -0.05) is 29.8 Å². The molecule has 0 radical (unpaired) electrons. The smallest absolute Gasteiger partial charge is 0.316 e. The van der Waals surface area contributed by atoms with Gasteiger partial charge >= 0.3 is 6.01 Å². The van der Waals surface area contributed by atoms with Gasteiger partial charge in [0.15, 0.2) is 6.61 Å². The molecule has 1 N–H and O–H groups in total. The summed E-state index contributed by atoms with van der Waals surface area (Å²) in [4.78, 5) is 20.2. The lowest BCUT2D eigenvalue weighted by molar-refractivity contribution is -0.124. The molecule has 0 aliphatic heterocycles. The molecule has 0 spiro atoms. The quantitative estimate of drug-likeness (QED) is 0.838. The van der Waals surface area contributed by atoms with Crippen molar-refractivity contribution in [2.45, 2.75) is 44.8 Å². The van der Waals surface area contributed by atoms with Gasteiger partial charge in [0.05, 0.1) is 17.4 Å². The Kier molecular flexibility index (Phi) is 6.28. The van der Waals surface area contributed by atoms with Crippen molar-refractivity contribution in [2.24, 2.45) is 0 Å². The van der Waals surface area contributed by atoms with E-state index in [1.165, 1.54) is 12.4 Å². The number of nitrogens with zero attached hydrogens (tertiary/aromatic N) is 2. The van der Waals surface area contributed by atoms with Crippen LogP contribution in [0.2, 0.25) is 5.02 Å². The summed E-state index contributed by atoms with van der Waals surface area (Å²) in [6.07, 6.45) is 6.50. The van der Waals surface area contributed by atoms with Gasteiger partial charge in [0, 0.05) is 6.04 Å². The van der Waals surface area contributed by atoms with Crippen LogP contribution in [-0.2, 0) is 4.79 Å². The van der Waals surface area contributed by atoms with Crippen LogP contribution in [0.15, 0.2) is 36.7 Å². The predicted molar refractivity (Wildman–Crippen MR) is 98.5 cm³/mol. The minimum absolute atomic E-state index is 0.0277. The summed E-state index contributed by atoms with van der Waals surface area (Å²) in [5.41, 5.74) is 1.02. The van der Waals surface area contributed by atoms with Gasteiger partial charge in [-0.15, -0.1) is 0 Å². The molecule has 1 fully saturated rings. The average Bonchev–Trinajstić information content (AvgIpc) is 2.64. The Bertz CT molecular complexity index is 731. The van der Waals surface area contributed by atoms with Gasteiger partial charge < -0.3 is 14.8 Å². The van der Waals surface area contributed by atoms with Crippen molar-refractivity contribution < 1.29 is 14.3 Å². The van der Waals surface area contributed by atoms with Crippen LogP contribution < -0.4 is 14.8 Å². The molecule has 138 valence electrons.